The van der Waals surface area contributed by atoms with Gasteiger partial charge in [-0.2, -0.15) is 0 Å². The van der Waals surface area contributed by atoms with E-state index >= 15 is 0 Å². The molecule has 31 heavy (non-hydrogen) atoms. The monoisotopic (exact) mass is 433 g/mol. The van der Waals surface area contributed by atoms with Crippen molar-refractivity contribution in [2.75, 3.05) is 32.2 Å². The van der Waals surface area contributed by atoms with E-state index in [2.05, 4.69) is 47.4 Å². The van der Waals surface area contributed by atoms with Gasteiger partial charge in [0.2, 0.25) is 0 Å². The molecule has 0 aliphatic carbocycles. The van der Waals surface area contributed by atoms with Gasteiger partial charge in [0, 0.05) is 30.7 Å². The molecule has 0 aromatic heterocycles. The van der Waals surface area contributed by atoms with E-state index in [9.17, 15) is 4.57 Å². The summed E-state index contributed by atoms with van der Waals surface area (Å²) in [7, 11) is 0.591. The van der Waals surface area contributed by atoms with Crippen LogP contribution in [0.3, 0.4) is 0 Å². The summed E-state index contributed by atoms with van der Waals surface area (Å²) in [6, 6.07) is 24.7. The van der Waals surface area contributed by atoms with Crippen LogP contribution in [0.4, 0.5) is 5.69 Å². The molecule has 0 aliphatic rings. The standard InChI is InChI=1S/C26H28NO3P/c1-5-29-31(28,30-6-2)25-18-15-19-11-7-8-12-20(19)26(25)23-16-17-24(27(3)4)22-14-10-9-13-21(22)23/h7-18H,5-6H2,1-4H3. The average Bonchev–Trinajstić information content (AvgIpc) is 2.78. The van der Waals surface area contributed by atoms with Crippen molar-refractivity contribution >= 4 is 40.1 Å². The molecule has 4 nitrogen and oxygen atoms in total. The van der Waals surface area contributed by atoms with E-state index in [1.165, 1.54) is 0 Å². The number of anilines is 1. The molecule has 0 bridgehead atoms. The fraction of sp³-hybridized carbons (Fsp3) is 0.231. The van der Waals surface area contributed by atoms with Gasteiger partial charge in [0.15, 0.2) is 0 Å². The number of nitrogens with zero attached hydrogens (tertiary/aromatic N) is 1. The Morgan fingerprint density at radius 3 is 2.00 bits per heavy atom. The smallest absolute Gasteiger partial charge is 0.361 e. The second-order valence-corrected chi connectivity index (χ2v) is 9.58. The molecular formula is C26H28NO3P. The van der Waals surface area contributed by atoms with Gasteiger partial charge in [-0.3, -0.25) is 4.57 Å². The van der Waals surface area contributed by atoms with Crippen LogP contribution in [-0.4, -0.2) is 27.3 Å². The quantitative estimate of drug-likeness (QED) is 0.307. The SMILES string of the molecule is CCOP(=O)(OCC)c1ccc2ccccc2c1-c1ccc(N(C)C)c2ccccc12. The zero-order valence-corrected chi connectivity index (χ0v) is 19.4. The number of benzene rings is 4. The van der Waals surface area contributed by atoms with Crippen LogP contribution in [0.2, 0.25) is 0 Å². The Kier molecular flexibility index (Phi) is 6.15. The number of rotatable bonds is 7. The van der Waals surface area contributed by atoms with Crippen molar-refractivity contribution in [3.05, 3.63) is 72.8 Å². The van der Waals surface area contributed by atoms with E-state index in [1.54, 1.807) is 0 Å². The van der Waals surface area contributed by atoms with Gasteiger partial charge in [-0.15, -0.1) is 0 Å². The summed E-state index contributed by atoms with van der Waals surface area (Å²) in [5, 5.41) is 4.97. The van der Waals surface area contributed by atoms with E-state index < -0.39 is 7.60 Å². The van der Waals surface area contributed by atoms with E-state index in [1.807, 2.05) is 58.3 Å². The molecule has 4 rings (SSSR count). The Labute approximate surface area is 183 Å². The predicted molar refractivity (Wildman–Crippen MR) is 132 cm³/mol. The molecule has 4 aromatic rings. The van der Waals surface area contributed by atoms with Gasteiger partial charge in [-0.05, 0) is 47.7 Å². The summed E-state index contributed by atoms with van der Waals surface area (Å²) >= 11 is 0. The molecule has 0 N–H and O–H groups in total. The van der Waals surface area contributed by atoms with Crippen LogP contribution < -0.4 is 10.2 Å². The first-order chi connectivity index (χ1) is 15.0. The van der Waals surface area contributed by atoms with Crippen molar-refractivity contribution < 1.29 is 13.6 Å². The highest BCUT2D eigenvalue weighted by Gasteiger charge is 2.31. The molecule has 0 amide bonds. The van der Waals surface area contributed by atoms with E-state index in [0.29, 0.717) is 18.5 Å². The van der Waals surface area contributed by atoms with Crippen LogP contribution >= 0.6 is 7.60 Å². The van der Waals surface area contributed by atoms with E-state index in [-0.39, 0.29) is 0 Å². The fourth-order valence-electron chi connectivity index (χ4n) is 4.18. The molecule has 0 aliphatic heterocycles. The first-order valence-corrected chi connectivity index (χ1v) is 12.1. The lowest BCUT2D eigenvalue weighted by atomic mass is 9.93. The maximum atomic E-state index is 13.9. The average molecular weight is 433 g/mol. The minimum Gasteiger partial charge on any atom is -0.377 e. The highest BCUT2D eigenvalue weighted by molar-refractivity contribution is 7.62. The summed E-state index contributed by atoms with van der Waals surface area (Å²) in [4.78, 5) is 2.11. The summed E-state index contributed by atoms with van der Waals surface area (Å²) in [5.41, 5.74) is 3.07. The first kappa shape index (κ1) is 21.6. The lowest BCUT2D eigenvalue weighted by molar-refractivity contribution is 0.230. The van der Waals surface area contributed by atoms with Crippen LogP contribution in [0.5, 0.6) is 0 Å². The van der Waals surface area contributed by atoms with E-state index in [4.69, 9.17) is 9.05 Å². The van der Waals surface area contributed by atoms with Gasteiger partial charge in [0.05, 0.1) is 18.5 Å². The second kappa shape index (κ2) is 8.84. The van der Waals surface area contributed by atoms with E-state index in [0.717, 1.165) is 38.4 Å². The van der Waals surface area contributed by atoms with Crippen molar-refractivity contribution in [2.24, 2.45) is 0 Å². The molecule has 0 fully saturated rings. The molecule has 0 atom stereocenters. The Balaban J connectivity index is 2.13. The van der Waals surface area contributed by atoms with Gasteiger partial charge < -0.3 is 13.9 Å². The van der Waals surface area contributed by atoms with Crippen molar-refractivity contribution in [1.29, 1.82) is 0 Å². The third-order valence-electron chi connectivity index (χ3n) is 5.45. The molecule has 5 heteroatoms. The molecule has 0 saturated carbocycles. The fourth-order valence-corrected chi connectivity index (χ4v) is 5.98. The zero-order chi connectivity index (χ0) is 22.0. The lowest BCUT2D eigenvalue weighted by Crippen LogP contribution is -2.14. The van der Waals surface area contributed by atoms with Crippen LogP contribution in [0.1, 0.15) is 13.8 Å². The lowest BCUT2D eigenvalue weighted by Gasteiger charge is -2.23. The number of fused-ring (bicyclic) bond motifs is 2. The molecule has 0 radical (unpaired) electrons. The second-order valence-electron chi connectivity index (χ2n) is 7.59. The van der Waals surface area contributed by atoms with Crippen molar-refractivity contribution in [3.63, 3.8) is 0 Å². The van der Waals surface area contributed by atoms with Crippen molar-refractivity contribution in [1.82, 2.24) is 0 Å². The topological polar surface area (TPSA) is 38.8 Å². The molecule has 0 saturated heterocycles. The van der Waals surface area contributed by atoms with Gasteiger partial charge in [-0.1, -0.05) is 60.7 Å². The van der Waals surface area contributed by atoms with Crippen LogP contribution in [0.15, 0.2) is 72.8 Å². The molecule has 160 valence electrons. The molecule has 4 aromatic carbocycles. The Bertz CT molecular complexity index is 1270. The van der Waals surface area contributed by atoms with Crippen LogP contribution in [0.25, 0.3) is 32.7 Å². The maximum absolute atomic E-state index is 13.9. The number of hydrogen-bond acceptors (Lipinski definition) is 4. The normalized spacial score (nSPS) is 11.9. The predicted octanol–water partition coefficient (Wildman–Crippen LogP) is 6.62. The largest absolute Gasteiger partial charge is 0.377 e. The Morgan fingerprint density at radius 2 is 1.35 bits per heavy atom. The molecule has 0 spiro atoms. The third-order valence-corrected chi connectivity index (χ3v) is 7.61. The molecule has 0 unspecified atom stereocenters. The minimum absolute atomic E-state index is 0.309. The molecule has 0 heterocycles. The number of hydrogen-bond donors (Lipinski definition) is 0. The van der Waals surface area contributed by atoms with Gasteiger partial charge in [-0.25, -0.2) is 0 Å². The summed E-state index contributed by atoms with van der Waals surface area (Å²) in [5.74, 6) is 0. The van der Waals surface area contributed by atoms with Gasteiger partial charge in [0.1, 0.15) is 0 Å². The van der Waals surface area contributed by atoms with Gasteiger partial charge in [0.25, 0.3) is 0 Å². The van der Waals surface area contributed by atoms with Crippen LogP contribution in [-0.2, 0) is 13.6 Å². The maximum Gasteiger partial charge on any atom is 0.361 e. The first-order valence-electron chi connectivity index (χ1n) is 10.6. The zero-order valence-electron chi connectivity index (χ0n) is 18.5. The van der Waals surface area contributed by atoms with Crippen molar-refractivity contribution in [2.45, 2.75) is 13.8 Å². The Morgan fingerprint density at radius 1 is 0.742 bits per heavy atom. The van der Waals surface area contributed by atoms with Crippen molar-refractivity contribution in [3.8, 4) is 11.1 Å². The molecular weight excluding hydrogens is 405 g/mol. The summed E-state index contributed by atoms with van der Waals surface area (Å²) in [6.45, 7) is 4.30. The third kappa shape index (κ3) is 3.87. The van der Waals surface area contributed by atoms with Crippen LogP contribution in [0, 0.1) is 0 Å². The highest BCUT2D eigenvalue weighted by Crippen LogP contribution is 2.51. The Hall–Kier alpha value is -2.65. The highest BCUT2D eigenvalue weighted by atomic mass is 31.2. The summed E-state index contributed by atoms with van der Waals surface area (Å²) < 4.78 is 25.4. The van der Waals surface area contributed by atoms with Gasteiger partial charge >= 0.3 is 7.60 Å². The summed E-state index contributed by atoms with van der Waals surface area (Å²) in [6.07, 6.45) is 0. The minimum atomic E-state index is -3.50.